The van der Waals surface area contributed by atoms with Crippen molar-refractivity contribution in [1.82, 2.24) is 4.98 Å². The fourth-order valence-corrected chi connectivity index (χ4v) is 3.51. The minimum absolute atomic E-state index is 0.0718. The van der Waals surface area contributed by atoms with E-state index in [2.05, 4.69) is 10.3 Å². The Morgan fingerprint density at radius 3 is 2.60 bits per heavy atom. The van der Waals surface area contributed by atoms with Gasteiger partial charge in [-0.2, -0.15) is 5.26 Å². The van der Waals surface area contributed by atoms with Gasteiger partial charge in [-0.15, -0.1) is 11.3 Å². The molecule has 2 aromatic carbocycles. The highest BCUT2D eigenvalue weighted by molar-refractivity contribution is 7.15. The fraction of sp³-hybridized carbons (Fsp3) is 0.136. The van der Waals surface area contributed by atoms with Crippen LogP contribution in [0.5, 0.6) is 11.5 Å². The van der Waals surface area contributed by atoms with E-state index in [0.717, 1.165) is 10.4 Å². The van der Waals surface area contributed by atoms with Crippen LogP contribution in [0.3, 0.4) is 0 Å². The molecule has 1 aromatic heterocycles. The van der Waals surface area contributed by atoms with E-state index in [0.29, 0.717) is 28.6 Å². The number of carbonyl (C=O) groups is 1. The number of aromatic nitrogens is 1. The van der Waals surface area contributed by atoms with Crippen LogP contribution in [0, 0.1) is 17.1 Å². The first-order valence-electron chi connectivity index (χ1n) is 8.86. The molecular weight excluding hydrogens is 405 g/mol. The summed E-state index contributed by atoms with van der Waals surface area (Å²) in [4.78, 5) is 17.6. The fourth-order valence-electron chi connectivity index (χ4n) is 2.67. The van der Waals surface area contributed by atoms with Crippen molar-refractivity contribution in [2.24, 2.45) is 0 Å². The minimum Gasteiger partial charge on any atom is -0.493 e. The Morgan fingerprint density at radius 1 is 1.20 bits per heavy atom. The molecule has 8 heteroatoms. The summed E-state index contributed by atoms with van der Waals surface area (Å²) >= 11 is 1.30. The molecule has 0 saturated heterocycles. The number of benzene rings is 2. The predicted octanol–water partition coefficient (Wildman–Crippen LogP) is 4.44. The number of hydrogen-bond acceptors (Lipinski definition) is 6. The van der Waals surface area contributed by atoms with Crippen molar-refractivity contribution in [2.75, 3.05) is 19.5 Å². The van der Waals surface area contributed by atoms with Crippen LogP contribution in [0.1, 0.15) is 16.0 Å². The maximum Gasteiger partial charge on any atom is 0.268 e. The van der Waals surface area contributed by atoms with Gasteiger partial charge in [-0.25, -0.2) is 9.37 Å². The van der Waals surface area contributed by atoms with Crippen LogP contribution < -0.4 is 14.8 Å². The number of ether oxygens (including phenoxy) is 2. The SMILES string of the molecule is COc1ccc(/C=C(\C#N)C(=O)Nc2ncc(Cc3ccc(F)cc3)s2)cc1OC. The lowest BCUT2D eigenvalue weighted by Crippen LogP contribution is -2.13. The van der Waals surface area contributed by atoms with Gasteiger partial charge < -0.3 is 9.47 Å². The molecule has 152 valence electrons. The van der Waals surface area contributed by atoms with Gasteiger partial charge in [0.2, 0.25) is 0 Å². The number of amides is 1. The van der Waals surface area contributed by atoms with E-state index < -0.39 is 5.91 Å². The number of methoxy groups -OCH3 is 2. The van der Waals surface area contributed by atoms with Gasteiger partial charge in [-0.05, 0) is 41.5 Å². The van der Waals surface area contributed by atoms with Crippen molar-refractivity contribution in [2.45, 2.75) is 6.42 Å². The second-order valence-corrected chi connectivity index (χ2v) is 7.29. The summed E-state index contributed by atoms with van der Waals surface area (Å²) < 4.78 is 23.4. The molecule has 6 nitrogen and oxygen atoms in total. The van der Waals surface area contributed by atoms with Crippen LogP contribution in [0.4, 0.5) is 9.52 Å². The standard InChI is InChI=1S/C22H18FN3O3S/c1-28-19-8-5-15(11-20(19)29-2)9-16(12-24)21(27)26-22-25-13-18(30-22)10-14-3-6-17(23)7-4-14/h3-9,11,13H,10H2,1-2H3,(H,25,26,27)/b16-9+. The number of carbonyl (C=O) groups excluding carboxylic acids is 1. The van der Waals surface area contributed by atoms with Gasteiger partial charge in [-0.1, -0.05) is 18.2 Å². The summed E-state index contributed by atoms with van der Waals surface area (Å²) in [5.74, 6) is 0.194. The second kappa shape index (κ2) is 9.67. The van der Waals surface area contributed by atoms with Crippen LogP contribution in [0.25, 0.3) is 6.08 Å². The van der Waals surface area contributed by atoms with Crippen molar-refractivity contribution in [3.05, 3.63) is 76.1 Å². The summed E-state index contributed by atoms with van der Waals surface area (Å²) in [6, 6.07) is 13.2. The number of halogens is 1. The molecule has 0 radical (unpaired) electrons. The quantitative estimate of drug-likeness (QED) is 0.449. The lowest BCUT2D eigenvalue weighted by atomic mass is 10.1. The first-order chi connectivity index (χ1) is 14.5. The van der Waals surface area contributed by atoms with E-state index in [4.69, 9.17) is 9.47 Å². The molecule has 0 saturated carbocycles. The van der Waals surface area contributed by atoms with Crippen molar-refractivity contribution < 1.29 is 18.7 Å². The van der Waals surface area contributed by atoms with Gasteiger partial charge in [0.1, 0.15) is 17.5 Å². The maximum atomic E-state index is 13.0. The summed E-state index contributed by atoms with van der Waals surface area (Å²) in [5.41, 5.74) is 1.48. The Morgan fingerprint density at radius 2 is 1.93 bits per heavy atom. The summed E-state index contributed by atoms with van der Waals surface area (Å²) in [6.07, 6.45) is 3.68. The van der Waals surface area contributed by atoms with Gasteiger partial charge in [0, 0.05) is 17.5 Å². The Labute approximate surface area is 177 Å². The zero-order valence-corrected chi connectivity index (χ0v) is 17.1. The van der Waals surface area contributed by atoms with Crippen molar-refractivity contribution in [3.63, 3.8) is 0 Å². The largest absolute Gasteiger partial charge is 0.493 e. The van der Waals surface area contributed by atoms with Crippen molar-refractivity contribution in [3.8, 4) is 17.6 Å². The van der Waals surface area contributed by atoms with Crippen molar-refractivity contribution >= 4 is 28.5 Å². The zero-order valence-electron chi connectivity index (χ0n) is 16.3. The monoisotopic (exact) mass is 423 g/mol. The Kier molecular flexibility index (Phi) is 6.78. The van der Waals surface area contributed by atoms with E-state index in [1.165, 1.54) is 43.8 Å². The Hall–Kier alpha value is -3.70. The topological polar surface area (TPSA) is 84.2 Å². The minimum atomic E-state index is -0.560. The molecule has 3 rings (SSSR count). The highest BCUT2D eigenvalue weighted by atomic mass is 32.1. The normalized spacial score (nSPS) is 10.9. The predicted molar refractivity (Wildman–Crippen MR) is 113 cm³/mol. The van der Waals surface area contributed by atoms with Gasteiger partial charge in [-0.3, -0.25) is 10.1 Å². The molecule has 0 unspecified atom stereocenters. The van der Waals surface area contributed by atoms with Gasteiger partial charge >= 0.3 is 0 Å². The number of nitrogens with zero attached hydrogens (tertiary/aromatic N) is 2. The highest BCUT2D eigenvalue weighted by Crippen LogP contribution is 2.28. The average molecular weight is 423 g/mol. The molecule has 1 heterocycles. The van der Waals surface area contributed by atoms with Crippen LogP contribution in [-0.4, -0.2) is 25.1 Å². The Balaban J connectivity index is 1.71. The molecule has 3 aromatic rings. The number of rotatable bonds is 7. The second-order valence-electron chi connectivity index (χ2n) is 6.17. The lowest BCUT2D eigenvalue weighted by molar-refractivity contribution is -0.112. The summed E-state index contributed by atoms with van der Waals surface area (Å²) in [7, 11) is 3.04. The molecule has 1 amide bonds. The molecule has 0 aliphatic heterocycles. The molecule has 0 atom stereocenters. The zero-order chi connectivity index (χ0) is 21.5. The summed E-state index contributed by atoms with van der Waals surface area (Å²) in [6.45, 7) is 0. The van der Waals surface area contributed by atoms with Crippen LogP contribution in [0.2, 0.25) is 0 Å². The molecule has 0 bridgehead atoms. The number of hydrogen-bond donors (Lipinski definition) is 1. The molecule has 0 fully saturated rings. The maximum absolute atomic E-state index is 13.0. The summed E-state index contributed by atoms with van der Waals surface area (Å²) in [5, 5.41) is 12.4. The van der Waals surface area contributed by atoms with E-state index in [1.54, 1.807) is 36.5 Å². The third-order valence-electron chi connectivity index (χ3n) is 4.15. The van der Waals surface area contributed by atoms with Crippen LogP contribution in [-0.2, 0) is 11.2 Å². The first kappa shape index (κ1) is 21.0. The first-order valence-corrected chi connectivity index (χ1v) is 9.68. The molecule has 0 aliphatic carbocycles. The van der Waals surface area contributed by atoms with E-state index >= 15 is 0 Å². The number of thiazole rings is 1. The van der Waals surface area contributed by atoms with Gasteiger partial charge in [0.15, 0.2) is 16.6 Å². The van der Waals surface area contributed by atoms with Crippen molar-refractivity contribution in [1.29, 1.82) is 5.26 Å². The highest BCUT2D eigenvalue weighted by Gasteiger charge is 2.13. The molecule has 0 aliphatic rings. The molecule has 0 spiro atoms. The van der Waals surface area contributed by atoms with E-state index in [1.807, 2.05) is 6.07 Å². The third-order valence-corrected chi connectivity index (χ3v) is 5.06. The van der Waals surface area contributed by atoms with E-state index in [-0.39, 0.29) is 11.4 Å². The number of anilines is 1. The number of nitrogens with one attached hydrogen (secondary N) is 1. The lowest BCUT2D eigenvalue weighted by Gasteiger charge is -2.08. The third kappa shape index (κ3) is 5.21. The van der Waals surface area contributed by atoms with E-state index in [9.17, 15) is 14.4 Å². The van der Waals surface area contributed by atoms with Gasteiger partial charge in [0.25, 0.3) is 5.91 Å². The number of nitriles is 1. The molecule has 30 heavy (non-hydrogen) atoms. The van der Waals surface area contributed by atoms with Crippen LogP contribution >= 0.6 is 11.3 Å². The molecule has 1 N–H and O–H groups in total. The van der Waals surface area contributed by atoms with Gasteiger partial charge in [0.05, 0.1) is 14.2 Å². The average Bonchev–Trinajstić information content (AvgIpc) is 3.19. The smallest absolute Gasteiger partial charge is 0.268 e. The molecular formula is C22H18FN3O3S. The Bertz CT molecular complexity index is 1120. The van der Waals surface area contributed by atoms with Crippen LogP contribution in [0.15, 0.2) is 54.2 Å².